The van der Waals surface area contributed by atoms with Crippen molar-refractivity contribution in [3.05, 3.63) is 30.2 Å². The van der Waals surface area contributed by atoms with Crippen LogP contribution in [0.3, 0.4) is 0 Å². The van der Waals surface area contributed by atoms with E-state index in [2.05, 4.69) is 32.7 Å². The van der Waals surface area contributed by atoms with Gasteiger partial charge in [-0.15, -0.1) is 34.2 Å². The average molecular weight is 500 g/mol. The van der Waals surface area contributed by atoms with E-state index in [4.69, 9.17) is 4.74 Å². The number of hydrogen-bond donors (Lipinski definition) is 2. The third kappa shape index (κ3) is 7.20. The molecule has 0 aromatic carbocycles. The van der Waals surface area contributed by atoms with E-state index in [0.717, 1.165) is 36.9 Å². The van der Waals surface area contributed by atoms with Crippen LogP contribution in [0.5, 0.6) is 0 Å². The number of halogens is 1. The van der Waals surface area contributed by atoms with Gasteiger partial charge in [-0.2, -0.15) is 0 Å². The number of aliphatic imine (C=N–C) groups is 1. The summed E-state index contributed by atoms with van der Waals surface area (Å²) < 4.78 is 8.04. The molecule has 0 amide bonds. The lowest BCUT2D eigenvalue weighted by atomic mass is 10.1. The fourth-order valence-corrected chi connectivity index (χ4v) is 3.48. The largest absolute Gasteiger partial charge is 0.376 e. The van der Waals surface area contributed by atoms with Crippen molar-refractivity contribution in [3.63, 3.8) is 0 Å². The average Bonchev–Trinajstić information content (AvgIpc) is 2.92. The molecule has 0 spiro atoms. The van der Waals surface area contributed by atoms with Crippen molar-refractivity contribution in [1.82, 2.24) is 25.2 Å². The number of aromatic nitrogens is 3. The number of guanidine groups is 1. The number of pyridine rings is 1. The molecule has 1 saturated carbocycles. The summed E-state index contributed by atoms with van der Waals surface area (Å²) in [4.78, 5) is 4.63. The molecule has 1 aliphatic carbocycles. The van der Waals surface area contributed by atoms with Gasteiger partial charge in [0.2, 0.25) is 0 Å². The van der Waals surface area contributed by atoms with Gasteiger partial charge in [-0.3, -0.25) is 9.39 Å². The Hall–Kier alpha value is -1.42. The van der Waals surface area contributed by atoms with E-state index >= 15 is 0 Å². The second kappa shape index (κ2) is 12.9. The molecule has 2 aromatic heterocycles. The van der Waals surface area contributed by atoms with Crippen molar-refractivity contribution in [2.24, 2.45) is 4.99 Å². The quantitative estimate of drug-likeness (QED) is 0.192. The summed E-state index contributed by atoms with van der Waals surface area (Å²) in [6.07, 6.45) is 10.9. The lowest BCUT2D eigenvalue weighted by molar-refractivity contribution is 0.0487. The van der Waals surface area contributed by atoms with Gasteiger partial charge in [0.05, 0.1) is 19.3 Å². The van der Waals surface area contributed by atoms with Gasteiger partial charge in [-0.1, -0.05) is 31.7 Å². The van der Waals surface area contributed by atoms with Crippen LogP contribution in [-0.2, 0) is 11.2 Å². The van der Waals surface area contributed by atoms with Gasteiger partial charge in [0, 0.05) is 25.7 Å². The highest BCUT2D eigenvalue weighted by atomic mass is 127. The Morgan fingerprint density at radius 3 is 2.79 bits per heavy atom. The van der Waals surface area contributed by atoms with E-state index in [1.54, 1.807) is 0 Å². The number of fused-ring (bicyclic) bond motifs is 1. The maximum absolute atomic E-state index is 6.02. The van der Waals surface area contributed by atoms with Gasteiger partial charge in [0.1, 0.15) is 5.82 Å². The van der Waals surface area contributed by atoms with Crippen LogP contribution in [0, 0.1) is 0 Å². The molecular weight excluding hydrogens is 467 g/mol. The minimum atomic E-state index is 0. The molecule has 28 heavy (non-hydrogen) atoms. The first-order valence-corrected chi connectivity index (χ1v) is 10.3. The van der Waals surface area contributed by atoms with Crippen LogP contribution in [0.2, 0.25) is 0 Å². The van der Waals surface area contributed by atoms with Gasteiger partial charge < -0.3 is 15.4 Å². The smallest absolute Gasteiger partial charge is 0.191 e. The van der Waals surface area contributed by atoms with E-state index in [0.29, 0.717) is 19.3 Å². The predicted molar refractivity (Wildman–Crippen MR) is 124 cm³/mol. The molecule has 3 rings (SSSR count). The third-order valence-corrected chi connectivity index (χ3v) is 4.89. The van der Waals surface area contributed by atoms with E-state index in [-0.39, 0.29) is 24.0 Å². The van der Waals surface area contributed by atoms with Crippen molar-refractivity contribution < 1.29 is 4.74 Å². The lowest BCUT2D eigenvalue weighted by Crippen LogP contribution is -2.38. The van der Waals surface area contributed by atoms with Crippen molar-refractivity contribution in [2.45, 2.75) is 58.0 Å². The molecule has 0 saturated heterocycles. The molecule has 2 heterocycles. The van der Waals surface area contributed by atoms with Crippen LogP contribution < -0.4 is 10.6 Å². The Morgan fingerprint density at radius 1 is 1.18 bits per heavy atom. The minimum Gasteiger partial charge on any atom is -0.376 e. The van der Waals surface area contributed by atoms with Crippen LogP contribution in [0.1, 0.15) is 51.3 Å². The highest BCUT2D eigenvalue weighted by Crippen LogP contribution is 2.19. The van der Waals surface area contributed by atoms with Crippen LogP contribution in [0.15, 0.2) is 29.4 Å². The molecule has 0 radical (unpaired) electrons. The van der Waals surface area contributed by atoms with E-state index < -0.39 is 0 Å². The summed E-state index contributed by atoms with van der Waals surface area (Å²) in [7, 11) is 0. The highest BCUT2D eigenvalue weighted by Gasteiger charge is 2.12. The highest BCUT2D eigenvalue weighted by molar-refractivity contribution is 14.0. The predicted octanol–water partition coefficient (Wildman–Crippen LogP) is 3.18. The molecule has 2 N–H and O–H groups in total. The van der Waals surface area contributed by atoms with Gasteiger partial charge in [0.15, 0.2) is 11.6 Å². The molecule has 1 fully saturated rings. The van der Waals surface area contributed by atoms with Crippen LogP contribution in [0.25, 0.3) is 5.65 Å². The molecule has 156 valence electrons. The Bertz CT molecular complexity index is 712. The van der Waals surface area contributed by atoms with Crippen molar-refractivity contribution in [2.75, 3.05) is 26.2 Å². The molecular formula is C20H33IN6O. The Labute approximate surface area is 184 Å². The van der Waals surface area contributed by atoms with Gasteiger partial charge >= 0.3 is 0 Å². The number of nitrogens with zero attached hydrogens (tertiary/aromatic N) is 4. The summed E-state index contributed by atoms with van der Waals surface area (Å²) in [5, 5.41) is 15.1. The second-order valence-electron chi connectivity index (χ2n) is 6.97. The Balaban J connectivity index is 0.00000280. The number of ether oxygens (including phenoxy) is 1. The van der Waals surface area contributed by atoms with Crippen LogP contribution in [-0.4, -0.2) is 52.9 Å². The maximum atomic E-state index is 6.02. The maximum Gasteiger partial charge on any atom is 0.191 e. The first-order chi connectivity index (χ1) is 13.4. The normalized spacial score (nSPS) is 15.8. The molecule has 8 heteroatoms. The molecule has 0 bridgehead atoms. The van der Waals surface area contributed by atoms with E-state index in [1.807, 2.05) is 28.8 Å². The fourth-order valence-electron chi connectivity index (χ4n) is 3.48. The molecule has 2 aromatic rings. The van der Waals surface area contributed by atoms with E-state index in [1.165, 1.54) is 38.5 Å². The summed E-state index contributed by atoms with van der Waals surface area (Å²) in [5.74, 6) is 1.78. The zero-order valence-electron chi connectivity index (χ0n) is 16.8. The summed E-state index contributed by atoms with van der Waals surface area (Å²) in [5.41, 5.74) is 0.878. The SMILES string of the molecule is CCNC(=NCCOC1CCCCCC1)NCCc1nnc2ccccn12.I. The number of rotatable bonds is 8. The van der Waals surface area contributed by atoms with Crippen LogP contribution in [0.4, 0.5) is 0 Å². The van der Waals surface area contributed by atoms with Crippen molar-refractivity contribution in [1.29, 1.82) is 0 Å². The fraction of sp³-hybridized carbons (Fsp3) is 0.650. The molecule has 0 atom stereocenters. The monoisotopic (exact) mass is 500 g/mol. The number of hydrogen-bond acceptors (Lipinski definition) is 4. The molecule has 0 unspecified atom stereocenters. The molecule has 7 nitrogen and oxygen atoms in total. The second-order valence-corrected chi connectivity index (χ2v) is 6.97. The van der Waals surface area contributed by atoms with E-state index in [9.17, 15) is 0 Å². The van der Waals surface area contributed by atoms with Gasteiger partial charge in [-0.25, -0.2) is 0 Å². The molecule has 0 aliphatic heterocycles. The minimum absolute atomic E-state index is 0. The number of nitrogens with one attached hydrogen (secondary N) is 2. The van der Waals surface area contributed by atoms with Crippen molar-refractivity contribution >= 4 is 35.6 Å². The summed E-state index contributed by atoms with van der Waals surface area (Å²) in [6.45, 7) is 5.04. The van der Waals surface area contributed by atoms with Crippen molar-refractivity contribution in [3.8, 4) is 0 Å². The lowest BCUT2D eigenvalue weighted by Gasteiger charge is -2.15. The third-order valence-electron chi connectivity index (χ3n) is 4.89. The first-order valence-electron chi connectivity index (χ1n) is 10.3. The zero-order chi connectivity index (χ0) is 18.7. The molecule has 1 aliphatic rings. The zero-order valence-corrected chi connectivity index (χ0v) is 19.1. The Kier molecular flexibility index (Phi) is 10.6. The van der Waals surface area contributed by atoms with Gasteiger partial charge in [-0.05, 0) is 31.9 Å². The van der Waals surface area contributed by atoms with Gasteiger partial charge in [0.25, 0.3) is 0 Å². The summed E-state index contributed by atoms with van der Waals surface area (Å²) in [6, 6.07) is 5.93. The van der Waals surface area contributed by atoms with Crippen LogP contribution >= 0.6 is 24.0 Å². The topological polar surface area (TPSA) is 75.8 Å². The standard InChI is InChI=1S/C20H32N6O.HI/c1-2-21-20(23-14-16-27-17-9-5-3-4-6-10-17)22-13-12-19-25-24-18-11-7-8-15-26(18)19;/h7-8,11,15,17H,2-6,9-10,12-14,16H2,1H3,(H2,21,22,23);1H. The Morgan fingerprint density at radius 2 is 2.00 bits per heavy atom. The summed E-state index contributed by atoms with van der Waals surface area (Å²) >= 11 is 0. The first kappa shape index (κ1) is 22.9.